The number of hydrazine groups is 3. The van der Waals surface area contributed by atoms with E-state index in [4.69, 9.17) is 67.4 Å². The summed E-state index contributed by atoms with van der Waals surface area (Å²) in [7, 11) is 2.94. The van der Waals surface area contributed by atoms with Crippen molar-refractivity contribution < 1.29 is 9.47 Å². The Bertz CT molecular complexity index is 1170. The Kier molecular flexibility index (Phi) is 11.7. The Labute approximate surface area is 229 Å². The van der Waals surface area contributed by atoms with Crippen molar-refractivity contribution in [3.63, 3.8) is 0 Å². The average Bonchev–Trinajstić information content (AvgIpc) is 2.88. The fourth-order valence-electron chi connectivity index (χ4n) is 3.62. The molecule has 0 aromatic heterocycles. The summed E-state index contributed by atoms with van der Waals surface area (Å²) in [5.74, 6) is 17.0. The van der Waals surface area contributed by atoms with Gasteiger partial charge in [-0.25, -0.2) is 34.1 Å². The molecular weight excluding hydrogens is 535 g/mol. The van der Waals surface area contributed by atoms with Crippen molar-refractivity contribution in [3.05, 3.63) is 62.6 Å². The molecule has 0 fully saturated rings. The molecule has 14 nitrogen and oxygen atoms in total. The van der Waals surface area contributed by atoms with Gasteiger partial charge in [-0.2, -0.15) is 5.10 Å². The summed E-state index contributed by atoms with van der Waals surface area (Å²) in [6, 6.07) is 6.97. The molecule has 0 aliphatic carbocycles. The zero-order valence-corrected chi connectivity index (χ0v) is 22.4. The standard InChI is InChI=1S/C22H32Cl2N12O2/c1-37-19-14(21(26)32-35-29)7-11(9-16(19)23)13(5-3-4-6-18(25)31-34-28)12-8-15(22(27)33-36-30)20(38-2)17(24)10-12/h5,7-10,34-36H,3-4,6,28-30H2,1-2H3,(H2,25,31)(H2,26,32)(H2,27,33). The summed E-state index contributed by atoms with van der Waals surface area (Å²) in [5.41, 5.74) is 27.5. The second-order valence-electron chi connectivity index (χ2n) is 7.57. The lowest BCUT2D eigenvalue weighted by Crippen LogP contribution is -2.24. The molecule has 0 heterocycles. The Morgan fingerprint density at radius 2 is 1.24 bits per heavy atom. The van der Waals surface area contributed by atoms with Gasteiger partial charge in [0.05, 0.1) is 35.4 Å². The first-order chi connectivity index (χ1) is 18.2. The predicted molar refractivity (Wildman–Crippen MR) is 152 cm³/mol. The zero-order chi connectivity index (χ0) is 28.2. The highest BCUT2D eigenvalue weighted by atomic mass is 35.5. The number of hydrogen-bond acceptors (Lipinski definition) is 11. The second kappa shape index (κ2) is 14.7. The molecule has 0 saturated carbocycles. The van der Waals surface area contributed by atoms with Crippen LogP contribution in [0.4, 0.5) is 0 Å². The summed E-state index contributed by atoms with van der Waals surface area (Å²) >= 11 is 13.2. The maximum absolute atomic E-state index is 6.58. The number of allylic oxidation sites excluding steroid dienone is 1. The highest BCUT2D eigenvalue weighted by Crippen LogP contribution is 2.38. The van der Waals surface area contributed by atoms with Crippen LogP contribution < -0.4 is 60.8 Å². The van der Waals surface area contributed by atoms with E-state index in [9.17, 15) is 0 Å². The van der Waals surface area contributed by atoms with E-state index in [2.05, 4.69) is 31.9 Å². The van der Waals surface area contributed by atoms with Gasteiger partial charge in [-0.3, -0.25) is 0 Å². The number of halogens is 2. The van der Waals surface area contributed by atoms with Gasteiger partial charge in [0.2, 0.25) is 0 Å². The number of hydrazone groups is 3. The third-order valence-electron chi connectivity index (χ3n) is 5.23. The molecular formula is C22H32Cl2N12O2. The second-order valence-corrected chi connectivity index (χ2v) is 8.39. The number of rotatable bonds is 13. The number of amidine groups is 3. The van der Waals surface area contributed by atoms with Gasteiger partial charge in [-0.05, 0) is 53.8 Å². The Morgan fingerprint density at radius 1 is 0.789 bits per heavy atom. The van der Waals surface area contributed by atoms with Crippen LogP contribution in [0.15, 0.2) is 45.6 Å². The number of unbranched alkanes of at least 4 members (excludes halogenated alkanes) is 1. The third-order valence-corrected chi connectivity index (χ3v) is 5.79. The van der Waals surface area contributed by atoms with Crippen LogP contribution in [0.25, 0.3) is 5.57 Å². The van der Waals surface area contributed by atoms with E-state index in [0.29, 0.717) is 68.9 Å². The van der Waals surface area contributed by atoms with E-state index < -0.39 is 0 Å². The molecule has 38 heavy (non-hydrogen) atoms. The lowest BCUT2D eigenvalue weighted by molar-refractivity contribution is 0.414. The van der Waals surface area contributed by atoms with E-state index in [1.165, 1.54) is 14.2 Å². The summed E-state index contributed by atoms with van der Waals surface area (Å²) in [4.78, 5) is 0. The van der Waals surface area contributed by atoms with Crippen molar-refractivity contribution in [2.24, 2.45) is 50.0 Å². The zero-order valence-electron chi connectivity index (χ0n) is 20.9. The number of methoxy groups -OCH3 is 2. The van der Waals surface area contributed by atoms with Crippen molar-refractivity contribution in [2.75, 3.05) is 14.2 Å². The Balaban J connectivity index is 2.77. The van der Waals surface area contributed by atoms with E-state index in [0.717, 1.165) is 5.57 Å². The van der Waals surface area contributed by atoms with Crippen LogP contribution in [-0.2, 0) is 0 Å². The van der Waals surface area contributed by atoms with Crippen molar-refractivity contribution in [1.29, 1.82) is 0 Å². The largest absolute Gasteiger partial charge is 0.494 e. The van der Waals surface area contributed by atoms with Gasteiger partial charge in [0.25, 0.3) is 0 Å². The van der Waals surface area contributed by atoms with Crippen molar-refractivity contribution in [2.45, 2.75) is 19.3 Å². The number of nitrogens with two attached hydrogens (primary N) is 6. The van der Waals surface area contributed by atoms with Gasteiger partial charge in [0.15, 0.2) is 11.7 Å². The molecule has 2 aromatic carbocycles. The van der Waals surface area contributed by atoms with Crippen molar-refractivity contribution in [1.82, 2.24) is 16.6 Å². The molecule has 15 N–H and O–H groups in total. The van der Waals surface area contributed by atoms with Gasteiger partial charge >= 0.3 is 0 Å². The first kappa shape index (κ1) is 30.3. The lowest BCUT2D eigenvalue weighted by atomic mass is 9.92. The number of nitrogens with one attached hydrogen (secondary N) is 3. The van der Waals surface area contributed by atoms with Crippen LogP contribution >= 0.6 is 23.2 Å². The van der Waals surface area contributed by atoms with Gasteiger partial charge in [-0.15, -0.1) is 10.2 Å². The smallest absolute Gasteiger partial charge is 0.155 e. The minimum Gasteiger partial charge on any atom is -0.494 e. The minimum atomic E-state index is 0.0598. The van der Waals surface area contributed by atoms with E-state index in [-0.39, 0.29) is 11.7 Å². The highest BCUT2D eigenvalue weighted by Gasteiger charge is 2.20. The lowest BCUT2D eigenvalue weighted by Gasteiger charge is -2.17. The molecule has 2 rings (SSSR count). The SMILES string of the molecule is COc1c(Cl)cc(C(=CCCC/C(N)=N/NN)c2cc(Cl)c(OC)c(/C(N)=N/NN)c2)cc1/C(N)=N/NN. The average molecular weight is 567 g/mol. The molecule has 0 aliphatic heterocycles. The highest BCUT2D eigenvalue weighted by molar-refractivity contribution is 6.33. The molecule has 0 atom stereocenters. The fourth-order valence-corrected chi connectivity index (χ4v) is 4.22. The molecule has 2 aromatic rings. The quantitative estimate of drug-likeness (QED) is 0.0530. The number of hydrogen-bond donors (Lipinski definition) is 9. The molecule has 0 unspecified atom stereocenters. The first-order valence-electron chi connectivity index (χ1n) is 11.0. The van der Waals surface area contributed by atoms with E-state index in [1.807, 2.05) is 6.08 Å². The third kappa shape index (κ3) is 7.53. The van der Waals surface area contributed by atoms with Crippen LogP contribution in [-0.4, -0.2) is 31.7 Å². The minimum absolute atomic E-state index is 0.0598. The summed E-state index contributed by atoms with van der Waals surface area (Å²) in [6.07, 6.45) is 3.74. The van der Waals surface area contributed by atoms with Crippen LogP contribution in [0.5, 0.6) is 11.5 Å². The topological polar surface area (TPSA) is 248 Å². The van der Waals surface area contributed by atoms with Gasteiger partial charge in [-0.1, -0.05) is 29.3 Å². The van der Waals surface area contributed by atoms with Crippen molar-refractivity contribution >= 4 is 46.3 Å². The number of benzene rings is 2. The van der Waals surface area contributed by atoms with Crippen molar-refractivity contribution in [3.8, 4) is 11.5 Å². The molecule has 0 amide bonds. The first-order valence-corrected chi connectivity index (χ1v) is 11.8. The molecule has 0 bridgehead atoms. The maximum Gasteiger partial charge on any atom is 0.155 e. The van der Waals surface area contributed by atoms with Crippen LogP contribution in [0.2, 0.25) is 10.0 Å². The van der Waals surface area contributed by atoms with Gasteiger partial charge in [0, 0.05) is 6.42 Å². The molecule has 16 heteroatoms. The van der Waals surface area contributed by atoms with Gasteiger partial charge < -0.3 is 26.7 Å². The monoisotopic (exact) mass is 566 g/mol. The summed E-state index contributed by atoms with van der Waals surface area (Å²) in [6.45, 7) is 0. The molecule has 0 radical (unpaired) electrons. The number of nitrogens with zero attached hydrogens (tertiary/aromatic N) is 3. The molecule has 206 valence electrons. The Hall–Kier alpha value is -3.95. The fraction of sp³-hybridized carbons (Fsp3) is 0.227. The number of ether oxygens (including phenoxy) is 2. The molecule has 0 saturated heterocycles. The molecule has 0 spiro atoms. The van der Waals surface area contributed by atoms with Gasteiger partial charge in [0.1, 0.15) is 17.3 Å². The normalized spacial score (nSPS) is 12.1. The van der Waals surface area contributed by atoms with E-state index >= 15 is 0 Å². The maximum atomic E-state index is 6.58. The predicted octanol–water partition coefficient (Wildman–Crippen LogP) is 0.515. The van der Waals surface area contributed by atoms with Crippen LogP contribution in [0.1, 0.15) is 41.5 Å². The molecule has 0 aliphatic rings. The van der Waals surface area contributed by atoms with E-state index in [1.54, 1.807) is 24.3 Å². The van der Waals surface area contributed by atoms with Crippen LogP contribution in [0, 0.1) is 0 Å². The Morgan fingerprint density at radius 3 is 1.63 bits per heavy atom. The summed E-state index contributed by atoms with van der Waals surface area (Å²) < 4.78 is 10.9. The van der Waals surface area contributed by atoms with Crippen LogP contribution in [0.3, 0.4) is 0 Å². The summed E-state index contributed by atoms with van der Waals surface area (Å²) in [5, 5.41) is 12.1.